The molecule has 0 aliphatic carbocycles. The molecular weight excluding hydrogens is 336 g/mol. The molecule has 2 nitrogen and oxygen atoms in total. The Morgan fingerprint density at radius 1 is 1.44 bits per heavy atom. The minimum absolute atomic E-state index is 0.346. The van der Waals surface area contributed by atoms with Gasteiger partial charge >= 0.3 is 0 Å². The number of hydrogen-bond donors (Lipinski definition) is 0. The largest absolute Gasteiger partial charge is 0.172 e. The van der Waals surface area contributed by atoms with Crippen LogP contribution in [0.2, 0.25) is 0 Å². The molecule has 0 saturated heterocycles. The van der Waals surface area contributed by atoms with Crippen molar-refractivity contribution in [2.75, 3.05) is 0 Å². The minimum atomic E-state index is -0.346. The highest BCUT2D eigenvalue weighted by Crippen LogP contribution is 2.45. The molecule has 1 aromatic rings. The van der Waals surface area contributed by atoms with Crippen molar-refractivity contribution < 1.29 is 0 Å². The fraction of sp³-hybridized carbons (Fsp3) is 0.333. The zero-order valence-electron chi connectivity index (χ0n) is 4.01. The van der Waals surface area contributed by atoms with Crippen molar-refractivity contribution in [3.05, 3.63) is 11.1 Å². The lowest BCUT2D eigenvalue weighted by Gasteiger charge is -2.05. The predicted octanol–water partition coefficient (Wildman–Crippen LogP) is 2.83. The Morgan fingerprint density at radius 2 is 2.11 bits per heavy atom. The van der Waals surface area contributed by atoms with Crippen molar-refractivity contribution in [2.24, 2.45) is 0 Å². The standard InChI is InChI=1S/C3HBr3N2S/c4-3(5,6)2-1-7-8-9-2/h1H. The maximum Gasteiger partial charge on any atom is 0.172 e. The summed E-state index contributed by atoms with van der Waals surface area (Å²) in [7, 11) is 0. The zero-order valence-corrected chi connectivity index (χ0v) is 9.59. The lowest BCUT2D eigenvalue weighted by Crippen LogP contribution is -1.91. The number of hydrogen-bond acceptors (Lipinski definition) is 3. The second-order valence-corrected chi connectivity index (χ2v) is 8.83. The molecule has 0 N–H and O–H groups in total. The van der Waals surface area contributed by atoms with Gasteiger partial charge in [-0.1, -0.05) is 52.3 Å². The zero-order chi connectivity index (χ0) is 6.91. The fourth-order valence-corrected chi connectivity index (χ4v) is 1.63. The molecule has 0 atom stereocenters. The average Bonchev–Trinajstić information content (AvgIpc) is 2.08. The van der Waals surface area contributed by atoms with E-state index >= 15 is 0 Å². The van der Waals surface area contributed by atoms with Crippen molar-refractivity contribution >= 4 is 59.3 Å². The molecule has 0 radical (unpaired) electrons. The second-order valence-electron chi connectivity index (χ2n) is 1.28. The van der Waals surface area contributed by atoms with Gasteiger partial charge in [0.05, 0.1) is 11.1 Å². The van der Waals surface area contributed by atoms with Gasteiger partial charge in [-0.15, -0.1) is 5.10 Å². The van der Waals surface area contributed by atoms with Crippen LogP contribution >= 0.6 is 59.3 Å². The van der Waals surface area contributed by atoms with Gasteiger partial charge in [-0.25, -0.2) is 0 Å². The van der Waals surface area contributed by atoms with Crippen LogP contribution in [0.5, 0.6) is 0 Å². The summed E-state index contributed by atoms with van der Waals surface area (Å²) in [6.07, 6.45) is 1.68. The van der Waals surface area contributed by atoms with Crippen LogP contribution in [-0.4, -0.2) is 9.59 Å². The van der Waals surface area contributed by atoms with Gasteiger partial charge in [-0.2, -0.15) is 0 Å². The Balaban J connectivity index is 2.90. The topological polar surface area (TPSA) is 25.8 Å². The molecule has 0 saturated carbocycles. The first-order chi connectivity index (χ1) is 4.11. The van der Waals surface area contributed by atoms with Gasteiger partial charge in [0, 0.05) is 0 Å². The highest BCUT2D eigenvalue weighted by molar-refractivity contribution is 9.38. The monoisotopic (exact) mass is 334 g/mol. The second kappa shape index (κ2) is 2.94. The van der Waals surface area contributed by atoms with Gasteiger partial charge in [-0.05, 0) is 11.5 Å². The van der Waals surface area contributed by atoms with Gasteiger partial charge in [0.1, 0.15) is 0 Å². The molecule has 50 valence electrons. The van der Waals surface area contributed by atoms with E-state index in [-0.39, 0.29) is 2.14 Å². The van der Waals surface area contributed by atoms with E-state index in [1.807, 2.05) is 0 Å². The van der Waals surface area contributed by atoms with Crippen molar-refractivity contribution in [3.8, 4) is 0 Å². The van der Waals surface area contributed by atoms with Crippen molar-refractivity contribution in [1.29, 1.82) is 0 Å². The lowest BCUT2D eigenvalue weighted by molar-refractivity contribution is 1.15. The summed E-state index contributed by atoms with van der Waals surface area (Å²) in [4.78, 5) is 0.988. The summed E-state index contributed by atoms with van der Waals surface area (Å²) in [5, 5.41) is 3.67. The fourth-order valence-electron chi connectivity index (χ4n) is 0.292. The highest BCUT2D eigenvalue weighted by atomic mass is 80.0. The van der Waals surface area contributed by atoms with E-state index in [4.69, 9.17) is 0 Å². The molecule has 1 rings (SSSR count). The molecule has 1 aromatic heterocycles. The normalized spacial score (nSPS) is 11.9. The van der Waals surface area contributed by atoms with E-state index < -0.39 is 0 Å². The molecule has 0 amide bonds. The predicted molar refractivity (Wildman–Crippen MR) is 48.4 cm³/mol. The van der Waals surface area contributed by atoms with Crippen LogP contribution in [0, 0.1) is 0 Å². The van der Waals surface area contributed by atoms with E-state index in [2.05, 4.69) is 57.4 Å². The van der Waals surface area contributed by atoms with Crippen LogP contribution in [0.3, 0.4) is 0 Å². The molecule has 1 heterocycles. The molecule has 0 unspecified atom stereocenters. The van der Waals surface area contributed by atoms with Crippen LogP contribution in [0.4, 0.5) is 0 Å². The molecule has 0 spiro atoms. The molecular formula is C3HBr3N2S. The van der Waals surface area contributed by atoms with Gasteiger partial charge in [0.2, 0.25) is 0 Å². The quantitative estimate of drug-likeness (QED) is 0.681. The number of rotatable bonds is 0. The summed E-state index contributed by atoms with van der Waals surface area (Å²) in [6.45, 7) is 0. The van der Waals surface area contributed by atoms with Gasteiger partial charge in [0.25, 0.3) is 0 Å². The Bertz CT molecular complexity index is 179. The number of alkyl halides is 3. The molecule has 0 fully saturated rings. The number of nitrogens with zero attached hydrogens (tertiary/aromatic N) is 2. The van der Waals surface area contributed by atoms with Crippen LogP contribution in [0.15, 0.2) is 6.20 Å². The maximum atomic E-state index is 3.69. The van der Waals surface area contributed by atoms with E-state index in [1.54, 1.807) is 6.20 Å². The summed E-state index contributed by atoms with van der Waals surface area (Å²) >= 11 is 11.3. The van der Waals surface area contributed by atoms with E-state index in [0.717, 1.165) is 4.88 Å². The van der Waals surface area contributed by atoms with E-state index in [1.165, 1.54) is 11.5 Å². The number of aromatic nitrogens is 2. The third-order valence-electron chi connectivity index (χ3n) is 0.641. The van der Waals surface area contributed by atoms with E-state index in [9.17, 15) is 0 Å². The summed E-state index contributed by atoms with van der Waals surface area (Å²) in [5.74, 6) is 0. The first-order valence-corrected chi connectivity index (χ1v) is 5.10. The molecule has 0 aliphatic rings. The van der Waals surface area contributed by atoms with Crippen LogP contribution in [0.1, 0.15) is 4.88 Å². The summed E-state index contributed by atoms with van der Waals surface area (Å²) in [5.41, 5.74) is 0. The third kappa shape index (κ3) is 2.25. The minimum Gasteiger partial charge on any atom is -0.146 e. The number of halogens is 3. The maximum absolute atomic E-state index is 3.69. The van der Waals surface area contributed by atoms with Gasteiger partial charge in [-0.3, -0.25) is 0 Å². The molecule has 9 heavy (non-hydrogen) atoms. The summed E-state index contributed by atoms with van der Waals surface area (Å²) in [6, 6.07) is 0. The Labute approximate surface area is 81.6 Å². The Kier molecular flexibility index (Phi) is 2.64. The van der Waals surface area contributed by atoms with E-state index in [0.29, 0.717) is 0 Å². The van der Waals surface area contributed by atoms with Crippen molar-refractivity contribution in [3.63, 3.8) is 0 Å². The molecule has 0 aliphatic heterocycles. The lowest BCUT2D eigenvalue weighted by atomic mass is 10.6. The van der Waals surface area contributed by atoms with Crippen molar-refractivity contribution in [2.45, 2.75) is 2.14 Å². The smallest absolute Gasteiger partial charge is 0.146 e. The van der Waals surface area contributed by atoms with Crippen LogP contribution < -0.4 is 0 Å². The van der Waals surface area contributed by atoms with Gasteiger partial charge in [0.15, 0.2) is 2.14 Å². The Hall–Kier alpha value is 1.00. The van der Waals surface area contributed by atoms with Gasteiger partial charge < -0.3 is 0 Å². The first kappa shape index (κ1) is 8.10. The first-order valence-electron chi connectivity index (χ1n) is 1.95. The SMILES string of the molecule is BrC(Br)(Br)c1cnns1. The highest BCUT2D eigenvalue weighted by Gasteiger charge is 2.22. The Morgan fingerprint density at radius 3 is 2.33 bits per heavy atom. The molecule has 0 bridgehead atoms. The molecule has 0 aromatic carbocycles. The van der Waals surface area contributed by atoms with Crippen molar-refractivity contribution in [1.82, 2.24) is 9.59 Å². The average molecular weight is 337 g/mol. The third-order valence-corrected chi connectivity index (χ3v) is 3.49. The molecule has 6 heteroatoms. The summed E-state index contributed by atoms with van der Waals surface area (Å²) < 4.78 is 3.34. The van der Waals surface area contributed by atoms with Crippen LogP contribution in [0.25, 0.3) is 0 Å². The van der Waals surface area contributed by atoms with Crippen LogP contribution in [-0.2, 0) is 2.14 Å².